The van der Waals surface area contributed by atoms with Crippen molar-refractivity contribution in [3.63, 3.8) is 0 Å². The number of ketones is 1. The Balaban J connectivity index is 1.66. The van der Waals surface area contributed by atoms with E-state index in [9.17, 15) is 10.1 Å². The average Bonchev–Trinajstić information content (AvgIpc) is 3.00. The third kappa shape index (κ3) is 3.58. The average molecular weight is 323 g/mol. The number of rotatable bonds is 6. The van der Waals surface area contributed by atoms with Crippen LogP contribution in [-0.2, 0) is 10.5 Å². The van der Waals surface area contributed by atoms with Gasteiger partial charge in [0.15, 0.2) is 17.3 Å². The Hall–Kier alpha value is -2.65. The van der Waals surface area contributed by atoms with Crippen molar-refractivity contribution in [3.8, 4) is 6.07 Å². The van der Waals surface area contributed by atoms with Gasteiger partial charge in [0.1, 0.15) is 5.52 Å². The summed E-state index contributed by atoms with van der Waals surface area (Å²) in [7, 11) is 0. The molecule has 23 heavy (non-hydrogen) atoms. The third-order valence-corrected chi connectivity index (χ3v) is 4.30. The molecule has 0 saturated carbocycles. The van der Waals surface area contributed by atoms with Crippen molar-refractivity contribution in [3.05, 3.63) is 60.2 Å². The molecule has 0 fully saturated rings. The number of aromatic nitrogens is 2. The van der Waals surface area contributed by atoms with Crippen molar-refractivity contribution in [1.29, 1.82) is 5.26 Å². The van der Waals surface area contributed by atoms with Crippen LogP contribution in [0.5, 0.6) is 0 Å². The topological polar surface area (TPSA) is 79.8 Å². The molecule has 1 atom stereocenters. The maximum atomic E-state index is 12.3. The highest BCUT2D eigenvalue weighted by molar-refractivity contribution is 7.99. The maximum Gasteiger partial charge on any atom is 0.220 e. The number of hydrogen-bond acceptors (Lipinski definition) is 6. The fourth-order valence-electron chi connectivity index (χ4n) is 2.11. The van der Waals surface area contributed by atoms with Crippen LogP contribution in [0.15, 0.2) is 53.2 Å². The van der Waals surface area contributed by atoms with E-state index in [1.54, 1.807) is 24.5 Å². The van der Waals surface area contributed by atoms with Crippen molar-refractivity contribution in [2.24, 2.45) is 0 Å². The van der Waals surface area contributed by atoms with E-state index in [1.165, 1.54) is 11.8 Å². The molecule has 3 rings (SSSR count). The normalized spacial score (nSPS) is 12.0. The van der Waals surface area contributed by atoms with E-state index in [1.807, 2.05) is 30.3 Å². The summed E-state index contributed by atoms with van der Waals surface area (Å²) in [5.74, 6) is -0.0622. The lowest BCUT2D eigenvalue weighted by Crippen LogP contribution is -2.13. The Morgan fingerprint density at radius 1 is 1.26 bits per heavy atom. The number of hydrogen-bond donors (Lipinski definition) is 0. The fraction of sp³-hybridized carbons (Fsp3) is 0.176. The molecule has 2 heterocycles. The first-order valence-electron chi connectivity index (χ1n) is 7.02. The van der Waals surface area contributed by atoms with E-state index >= 15 is 0 Å². The van der Waals surface area contributed by atoms with Gasteiger partial charge >= 0.3 is 0 Å². The molecular weight excluding hydrogens is 310 g/mol. The van der Waals surface area contributed by atoms with Crippen LogP contribution < -0.4 is 0 Å². The molecule has 0 saturated heterocycles. The highest BCUT2D eigenvalue weighted by Gasteiger charge is 2.25. The number of benzene rings is 1. The number of para-hydroxylation sites is 2. The summed E-state index contributed by atoms with van der Waals surface area (Å²) in [5.41, 5.74) is 2.33. The molecule has 6 heteroatoms. The van der Waals surface area contributed by atoms with Gasteiger partial charge < -0.3 is 4.42 Å². The third-order valence-electron chi connectivity index (χ3n) is 3.27. The first-order valence-corrected chi connectivity index (χ1v) is 8.18. The van der Waals surface area contributed by atoms with Gasteiger partial charge in [0, 0.05) is 18.1 Å². The van der Waals surface area contributed by atoms with E-state index in [0.29, 0.717) is 16.9 Å². The lowest BCUT2D eigenvalue weighted by molar-refractivity contribution is -0.117. The molecule has 114 valence electrons. The van der Waals surface area contributed by atoms with Crippen LogP contribution >= 0.6 is 11.8 Å². The highest BCUT2D eigenvalue weighted by atomic mass is 32.2. The molecule has 1 aromatic carbocycles. The number of carbonyl (C=O) groups excluding carboxylic acids is 1. The number of nitrogens with zero attached hydrogens (tertiary/aromatic N) is 3. The van der Waals surface area contributed by atoms with Crippen molar-refractivity contribution in [2.75, 3.05) is 5.75 Å². The molecule has 0 spiro atoms. The number of carbonyl (C=O) groups is 1. The Bertz CT molecular complexity index is 822. The molecule has 1 unspecified atom stereocenters. The molecule has 0 radical (unpaired) electrons. The second-order valence-corrected chi connectivity index (χ2v) is 5.88. The molecule has 3 aromatic rings. The van der Waals surface area contributed by atoms with Gasteiger partial charge in [0.2, 0.25) is 5.89 Å². The molecule has 0 aliphatic heterocycles. The predicted octanol–water partition coefficient (Wildman–Crippen LogP) is 3.33. The summed E-state index contributed by atoms with van der Waals surface area (Å²) in [6.07, 6.45) is 3.43. The van der Waals surface area contributed by atoms with Crippen molar-refractivity contribution < 1.29 is 9.21 Å². The van der Waals surface area contributed by atoms with Crippen molar-refractivity contribution >= 4 is 28.6 Å². The van der Waals surface area contributed by atoms with Crippen LogP contribution in [0.25, 0.3) is 11.1 Å². The number of fused-ring (bicyclic) bond motifs is 1. The Morgan fingerprint density at radius 3 is 2.78 bits per heavy atom. The Kier molecular flexibility index (Phi) is 4.69. The largest absolute Gasteiger partial charge is 0.439 e. The van der Waals surface area contributed by atoms with Crippen LogP contribution in [-0.4, -0.2) is 21.5 Å². The molecule has 5 nitrogen and oxygen atoms in total. The summed E-state index contributed by atoms with van der Waals surface area (Å²) in [6, 6.07) is 13.0. The van der Waals surface area contributed by atoms with Crippen LogP contribution in [0.3, 0.4) is 0 Å². The van der Waals surface area contributed by atoms with Gasteiger partial charge in [-0.1, -0.05) is 12.1 Å². The van der Waals surface area contributed by atoms with Crippen LogP contribution in [0.2, 0.25) is 0 Å². The maximum absolute atomic E-state index is 12.3. The lowest BCUT2D eigenvalue weighted by Gasteiger charge is -2.04. The van der Waals surface area contributed by atoms with E-state index in [0.717, 1.165) is 5.56 Å². The SMILES string of the molecule is N#CC(C(=O)CSCc1ccncc1)c1nc2ccccc2o1. The Labute approximate surface area is 137 Å². The van der Waals surface area contributed by atoms with Gasteiger partial charge in [0.05, 0.1) is 11.8 Å². The van der Waals surface area contributed by atoms with Crippen molar-refractivity contribution in [1.82, 2.24) is 9.97 Å². The zero-order valence-electron chi connectivity index (χ0n) is 12.2. The molecule has 0 amide bonds. The molecule has 0 aliphatic carbocycles. The number of oxazole rings is 1. The van der Waals surface area contributed by atoms with Gasteiger partial charge in [-0.3, -0.25) is 9.78 Å². The zero-order valence-corrected chi connectivity index (χ0v) is 13.0. The minimum absolute atomic E-state index is 0.170. The second kappa shape index (κ2) is 7.07. The predicted molar refractivity (Wildman–Crippen MR) is 87.8 cm³/mol. The molecule has 0 aliphatic rings. The highest BCUT2D eigenvalue weighted by Crippen LogP contribution is 2.23. The van der Waals surface area contributed by atoms with Crippen LogP contribution in [0.4, 0.5) is 0 Å². The minimum atomic E-state index is -0.965. The molecule has 0 N–H and O–H groups in total. The van der Waals surface area contributed by atoms with Gasteiger partial charge in [-0.05, 0) is 29.8 Å². The Morgan fingerprint density at radius 2 is 2.04 bits per heavy atom. The summed E-state index contributed by atoms with van der Waals surface area (Å²) in [6.45, 7) is 0. The smallest absolute Gasteiger partial charge is 0.220 e. The van der Waals surface area contributed by atoms with Gasteiger partial charge in [-0.2, -0.15) is 5.26 Å². The summed E-state index contributed by atoms with van der Waals surface area (Å²) in [4.78, 5) is 20.5. The van der Waals surface area contributed by atoms with E-state index in [4.69, 9.17) is 4.42 Å². The molecule has 2 aromatic heterocycles. The monoisotopic (exact) mass is 323 g/mol. The zero-order chi connectivity index (χ0) is 16.1. The van der Waals surface area contributed by atoms with Crippen molar-refractivity contribution in [2.45, 2.75) is 11.7 Å². The van der Waals surface area contributed by atoms with Gasteiger partial charge in [0.25, 0.3) is 0 Å². The van der Waals surface area contributed by atoms with Crippen LogP contribution in [0.1, 0.15) is 17.4 Å². The number of pyridine rings is 1. The summed E-state index contributed by atoms with van der Waals surface area (Å²) >= 11 is 1.46. The van der Waals surface area contributed by atoms with Gasteiger partial charge in [-0.15, -0.1) is 11.8 Å². The van der Waals surface area contributed by atoms with E-state index < -0.39 is 5.92 Å². The first-order chi connectivity index (χ1) is 11.3. The van der Waals surface area contributed by atoms with Crippen LogP contribution in [0, 0.1) is 11.3 Å². The molecular formula is C17H13N3O2S. The minimum Gasteiger partial charge on any atom is -0.439 e. The number of thioether (sulfide) groups is 1. The standard InChI is InChI=1S/C17H13N3O2S/c18-9-13(17-20-14-3-1-2-4-16(14)22-17)15(21)11-23-10-12-5-7-19-8-6-12/h1-8,13H,10-11H2. The summed E-state index contributed by atoms with van der Waals surface area (Å²) in [5, 5.41) is 9.30. The number of Topliss-reactive ketones (excluding diaryl/α,β-unsaturated/α-hetero) is 1. The number of nitriles is 1. The molecule has 0 bridgehead atoms. The quantitative estimate of drug-likeness (QED) is 0.692. The fourth-order valence-corrected chi connectivity index (χ4v) is 3.01. The van der Waals surface area contributed by atoms with E-state index in [-0.39, 0.29) is 17.4 Å². The summed E-state index contributed by atoms with van der Waals surface area (Å²) < 4.78 is 5.53. The van der Waals surface area contributed by atoms with Gasteiger partial charge in [-0.25, -0.2) is 4.98 Å². The first kappa shape index (κ1) is 15.3. The second-order valence-electron chi connectivity index (χ2n) is 4.90. The van der Waals surface area contributed by atoms with E-state index in [2.05, 4.69) is 9.97 Å². The lowest BCUT2D eigenvalue weighted by atomic mass is 10.1.